The lowest BCUT2D eigenvalue weighted by Gasteiger charge is -2.37. The Bertz CT molecular complexity index is 1580. The van der Waals surface area contributed by atoms with Gasteiger partial charge in [0.2, 0.25) is 5.91 Å². The van der Waals surface area contributed by atoms with Gasteiger partial charge in [-0.3, -0.25) is 19.3 Å². The highest BCUT2D eigenvalue weighted by Gasteiger charge is 2.44. The van der Waals surface area contributed by atoms with Crippen LogP contribution in [-0.4, -0.2) is 72.9 Å². The van der Waals surface area contributed by atoms with E-state index < -0.39 is 47.7 Å². The molecular formula is C38H38N2O8. The first-order chi connectivity index (χ1) is 23.3. The number of imide groups is 1. The van der Waals surface area contributed by atoms with E-state index >= 15 is 0 Å². The number of nitrogens with one attached hydrogen (secondary N) is 1. The van der Waals surface area contributed by atoms with Crippen LogP contribution in [0.2, 0.25) is 0 Å². The molecule has 4 aromatic rings. The maximum absolute atomic E-state index is 14.0. The molecule has 0 spiro atoms. The van der Waals surface area contributed by atoms with Crippen LogP contribution in [0.15, 0.2) is 115 Å². The zero-order valence-corrected chi connectivity index (χ0v) is 26.8. The molecular weight excluding hydrogens is 612 g/mol. The Labute approximate surface area is 279 Å². The minimum absolute atomic E-state index is 0.0160. The number of rotatable bonds is 16. The summed E-state index contributed by atoms with van der Waals surface area (Å²) in [7, 11) is 2.86. The summed E-state index contributed by atoms with van der Waals surface area (Å²) in [6.07, 6.45) is -0.626. The van der Waals surface area contributed by atoms with Crippen LogP contribution in [0.25, 0.3) is 0 Å². The van der Waals surface area contributed by atoms with Crippen molar-refractivity contribution in [3.63, 3.8) is 0 Å². The molecule has 10 nitrogen and oxygen atoms in total. The van der Waals surface area contributed by atoms with Gasteiger partial charge in [0.15, 0.2) is 6.29 Å². The summed E-state index contributed by atoms with van der Waals surface area (Å²) < 4.78 is 17.2. The lowest BCUT2D eigenvalue weighted by atomic mass is 9.80. The van der Waals surface area contributed by atoms with E-state index in [0.29, 0.717) is 0 Å². The third-order valence-corrected chi connectivity index (χ3v) is 8.52. The molecule has 3 amide bonds. The molecule has 1 aliphatic rings. The SMILES string of the molecule is COC(CC[C@H](NC(=O)[C@@H](CCOC(c1ccccc1)(c1ccccc1)c1ccccc1)N1C(=O)c2ccccc2C1=O)C(=O)O)OC. The molecule has 2 atom stereocenters. The van der Waals surface area contributed by atoms with E-state index in [1.807, 2.05) is 91.0 Å². The number of hydrogen-bond donors (Lipinski definition) is 2. The minimum atomic E-state index is -1.38. The van der Waals surface area contributed by atoms with Gasteiger partial charge in [-0.25, -0.2) is 4.79 Å². The molecule has 4 aromatic carbocycles. The average molecular weight is 651 g/mol. The first kappa shape index (κ1) is 34.2. The molecule has 0 aromatic heterocycles. The molecule has 0 fully saturated rings. The van der Waals surface area contributed by atoms with Gasteiger partial charge in [-0.15, -0.1) is 0 Å². The van der Waals surface area contributed by atoms with Crippen molar-refractivity contribution in [2.24, 2.45) is 0 Å². The summed E-state index contributed by atoms with van der Waals surface area (Å²) in [5.41, 5.74) is 1.73. The minimum Gasteiger partial charge on any atom is -0.480 e. The highest BCUT2D eigenvalue weighted by molar-refractivity contribution is 6.22. The summed E-state index contributed by atoms with van der Waals surface area (Å²) in [6.45, 7) is -0.0860. The molecule has 48 heavy (non-hydrogen) atoms. The van der Waals surface area contributed by atoms with Gasteiger partial charge in [0, 0.05) is 27.1 Å². The van der Waals surface area contributed by atoms with Gasteiger partial charge in [0.1, 0.15) is 17.7 Å². The fraction of sp³-hybridized carbons (Fsp3) is 0.263. The van der Waals surface area contributed by atoms with Crippen molar-refractivity contribution >= 4 is 23.7 Å². The Morgan fingerprint density at radius 2 is 1.12 bits per heavy atom. The van der Waals surface area contributed by atoms with Crippen LogP contribution < -0.4 is 5.32 Å². The van der Waals surface area contributed by atoms with Crippen molar-refractivity contribution in [2.75, 3.05) is 20.8 Å². The number of carboxylic acid groups (broad SMARTS) is 1. The van der Waals surface area contributed by atoms with Crippen molar-refractivity contribution in [3.05, 3.63) is 143 Å². The van der Waals surface area contributed by atoms with Crippen LogP contribution in [0.4, 0.5) is 0 Å². The first-order valence-electron chi connectivity index (χ1n) is 15.7. The number of carbonyl (C=O) groups excluding carboxylic acids is 3. The molecule has 1 heterocycles. The number of ether oxygens (including phenoxy) is 3. The van der Waals surface area contributed by atoms with Crippen LogP contribution in [0.5, 0.6) is 0 Å². The van der Waals surface area contributed by atoms with Crippen molar-refractivity contribution in [1.29, 1.82) is 0 Å². The quantitative estimate of drug-likeness (QED) is 0.0983. The van der Waals surface area contributed by atoms with Crippen molar-refractivity contribution in [3.8, 4) is 0 Å². The maximum Gasteiger partial charge on any atom is 0.326 e. The summed E-state index contributed by atoms with van der Waals surface area (Å²) in [5.74, 6) is -3.34. The third-order valence-electron chi connectivity index (χ3n) is 8.52. The van der Waals surface area contributed by atoms with Gasteiger partial charge in [0.25, 0.3) is 11.8 Å². The van der Waals surface area contributed by atoms with E-state index in [-0.39, 0.29) is 37.0 Å². The molecule has 0 saturated carbocycles. The van der Waals surface area contributed by atoms with E-state index in [0.717, 1.165) is 21.6 Å². The lowest BCUT2D eigenvalue weighted by Crippen LogP contribution is -2.54. The molecule has 0 aliphatic carbocycles. The second-order valence-corrected chi connectivity index (χ2v) is 11.3. The number of carboxylic acids is 1. The van der Waals surface area contributed by atoms with Gasteiger partial charge in [-0.2, -0.15) is 0 Å². The normalized spacial score (nSPS) is 14.1. The van der Waals surface area contributed by atoms with Crippen LogP contribution >= 0.6 is 0 Å². The lowest BCUT2D eigenvalue weighted by molar-refractivity contribution is -0.144. The smallest absolute Gasteiger partial charge is 0.326 e. The average Bonchev–Trinajstić information content (AvgIpc) is 3.38. The van der Waals surface area contributed by atoms with E-state index in [1.165, 1.54) is 26.4 Å². The van der Waals surface area contributed by atoms with Gasteiger partial charge in [0.05, 0.1) is 17.7 Å². The molecule has 5 rings (SSSR count). The predicted octanol–water partition coefficient (Wildman–Crippen LogP) is 5.02. The van der Waals surface area contributed by atoms with Crippen LogP contribution in [-0.2, 0) is 29.4 Å². The fourth-order valence-electron chi connectivity index (χ4n) is 6.12. The van der Waals surface area contributed by atoms with Crippen molar-refractivity contribution in [2.45, 2.75) is 43.2 Å². The zero-order valence-electron chi connectivity index (χ0n) is 26.8. The van der Waals surface area contributed by atoms with Gasteiger partial charge in [-0.1, -0.05) is 103 Å². The summed E-state index contributed by atoms with van der Waals surface area (Å²) in [5, 5.41) is 12.5. The Balaban J connectivity index is 1.49. The second kappa shape index (κ2) is 15.6. The number of aliphatic carboxylic acids is 1. The second-order valence-electron chi connectivity index (χ2n) is 11.3. The number of methoxy groups -OCH3 is 2. The maximum atomic E-state index is 14.0. The Morgan fingerprint density at radius 3 is 1.54 bits per heavy atom. The molecule has 10 heteroatoms. The van der Waals surface area contributed by atoms with Crippen molar-refractivity contribution < 1.29 is 38.5 Å². The van der Waals surface area contributed by atoms with Crippen LogP contribution in [0, 0.1) is 0 Å². The first-order valence-corrected chi connectivity index (χ1v) is 15.7. The van der Waals surface area contributed by atoms with E-state index in [2.05, 4.69) is 5.32 Å². The van der Waals surface area contributed by atoms with Gasteiger partial charge >= 0.3 is 5.97 Å². The Kier molecular flexibility index (Phi) is 11.1. The summed E-state index contributed by atoms with van der Waals surface area (Å²) in [4.78, 5) is 54.4. The number of hydrogen-bond acceptors (Lipinski definition) is 7. The monoisotopic (exact) mass is 650 g/mol. The topological polar surface area (TPSA) is 131 Å². The number of carbonyl (C=O) groups is 4. The van der Waals surface area contributed by atoms with Crippen molar-refractivity contribution in [1.82, 2.24) is 10.2 Å². The van der Waals surface area contributed by atoms with Crippen LogP contribution in [0.1, 0.15) is 56.7 Å². The van der Waals surface area contributed by atoms with E-state index in [4.69, 9.17) is 14.2 Å². The molecule has 0 unspecified atom stereocenters. The highest BCUT2D eigenvalue weighted by atomic mass is 16.7. The van der Waals surface area contributed by atoms with Crippen LogP contribution in [0.3, 0.4) is 0 Å². The number of fused-ring (bicyclic) bond motifs is 1. The fourth-order valence-corrected chi connectivity index (χ4v) is 6.12. The number of benzene rings is 4. The number of nitrogens with zero attached hydrogens (tertiary/aromatic N) is 1. The molecule has 1 aliphatic heterocycles. The van der Waals surface area contributed by atoms with Gasteiger partial charge in [-0.05, 0) is 35.2 Å². The Hall–Kier alpha value is -5.16. The predicted molar refractivity (Wildman–Crippen MR) is 177 cm³/mol. The molecule has 0 radical (unpaired) electrons. The third kappa shape index (κ3) is 7.06. The highest BCUT2D eigenvalue weighted by Crippen LogP contribution is 2.40. The number of amides is 3. The summed E-state index contributed by atoms with van der Waals surface area (Å²) >= 11 is 0. The molecule has 0 bridgehead atoms. The standard InChI is InChI=1S/C38H38N2O8/c1-46-33(47-2)23-22-31(37(44)45)39-34(41)32(40-35(42)29-20-12-13-21-30(29)36(40)43)24-25-48-38(26-14-6-3-7-15-26,27-16-8-4-9-17-27)28-18-10-5-11-19-28/h3-21,31-33H,22-25H2,1-2H3,(H,39,41)(H,44,45)/t31-,32+/m0/s1. The summed E-state index contributed by atoms with van der Waals surface area (Å²) in [6, 6.07) is 32.6. The Morgan fingerprint density at radius 1 is 0.688 bits per heavy atom. The molecule has 0 saturated heterocycles. The zero-order chi connectivity index (χ0) is 34.1. The van der Waals surface area contributed by atoms with E-state index in [9.17, 15) is 24.3 Å². The molecule has 2 N–H and O–H groups in total. The largest absolute Gasteiger partial charge is 0.480 e. The van der Waals surface area contributed by atoms with E-state index in [1.54, 1.807) is 12.1 Å². The molecule has 248 valence electrons. The van der Waals surface area contributed by atoms with Gasteiger partial charge < -0.3 is 24.6 Å².